The fourth-order valence-electron chi connectivity index (χ4n) is 2.47. The van der Waals surface area contributed by atoms with Gasteiger partial charge in [0.1, 0.15) is 11.6 Å². The molecule has 0 unspecified atom stereocenters. The number of nitrogens with one attached hydrogen (secondary N) is 1. The predicted octanol–water partition coefficient (Wildman–Crippen LogP) is 1.02. The van der Waals surface area contributed by atoms with E-state index < -0.39 is 5.91 Å². The van der Waals surface area contributed by atoms with Crippen molar-refractivity contribution in [2.45, 2.75) is 6.54 Å². The van der Waals surface area contributed by atoms with Gasteiger partial charge in [-0.2, -0.15) is 0 Å². The van der Waals surface area contributed by atoms with Crippen LogP contribution in [-0.2, 0) is 11.3 Å². The molecule has 120 valence electrons. The standard InChI is InChI=1S/C16H19N5O2/c17-15(22)13-2-1-4-19-16(13)20-11-12-3-5-18-14(10-12)21-6-8-23-9-7-21/h1-5,10H,6-9,11H2,(H2,17,22)(H,19,20). The number of amides is 1. The van der Waals surface area contributed by atoms with Crippen LogP contribution in [0.1, 0.15) is 15.9 Å². The molecule has 2 aromatic heterocycles. The fourth-order valence-corrected chi connectivity index (χ4v) is 2.47. The van der Waals surface area contributed by atoms with Crippen molar-refractivity contribution in [2.24, 2.45) is 5.73 Å². The Kier molecular flexibility index (Phi) is 4.68. The zero-order valence-electron chi connectivity index (χ0n) is 12.7. The van der Waals surface area contributed by atoms with Crippen LogP contribution in [0, 0.1) is 0 Å². The molecular weight excluding hydrogens is 294 g/mol. The Morgan fingerprint density at radius 2 is 2.09 bits per heavy atom. The lowest BCUT2D eigenvalue weighted by Gasteiger charge is -2.28. The minimum absolute atomic E-state index is 0.384. The lowest BCUT2D eigenvalue weighted by Crippen LogP contribution is -2.36. The monoisotopic (exact) mass is 313 g/mol. The molecule has 3 N–H and O–H groups in total. The molecule has 7 nitrogen and oxygen atoms in total. The van der Waals surface area contributed by atoms with Crippen molar-refractivity contribution < 1.29 is 9.53 Å². The highest BCUT2D eigenvalue weighted by Gasteiger charge is 2.13. The van der Waals surface area contributed by atoms with Crippen LogP contribution in [0.5, 0.6) is 0 Å². The molecular formula is C16H19N5O2. The summed E-state index contributed by atoms with van der Waals surface area (Å²) in [5, 5.41) is 3.16. The highest BCUT2D eigenvalue weighted by molar-refractivity contribution is 5.97. The van der Waals surface area contributed by atoms with E-state index in [1.165, 1.54) is 0 Å². The van der Waals surface area contributed by atoms with Crippen LogP contribution in [0.3, 0.4) is 0 Å². The van der Waals surface area contributed by atoms with Gasteiger partial charge in [-0.25, -0.2) is 9.97 Å². The first-order valence-corrected chi connectivity index (χ1v) is 7.50. The molecule has 0 aliphatic carbocycles. The van der Waals surface area contributed by atoms with E-state index in [0.717, 1.165) is 37.7 Å². The largest absolute Gasteiger partial charge is 0.378 e. The van der Waals surface area contributed by atoms with Gasteiger partial charge in [-0.05, 0) is 29.8 Å². The van der Waals surface area contributed by atoms with Crippen molar-refractivity contribution in [3.8, 4) is 0 Å². The second-order valence-corrected chi connectivity index (χ2v) is 5.24. The van der Waals surface area contributed by atoms with Gasteiger partial charge < -0.3 is 20.7 Å². The first-order valence-electron chi connectivity index (χ1n) is 7.50. The molecule has 1 aliphatic rings. The van der Waals surface area contributed by atoms with Crippen LogP contribution in [0.25, 0.3) is 0 Å². The number of hydrogen-bond donors (Lipinski definition) is 2. The zero-order valence-corrected chi connectivity index (χ0v) is 12.7. The molecule has 0 saturated carbocycles. The maximum atomic E-state index is 11.4. The third kappa shape index (κ3) is 3.75. The SMILES string of the molecule is NC(=O)c1cccnc1NCc1ccnc(N2CCOCC2)c1. The molecule has 1 aliphatic heterocycles. The van der Waals surface area contributed by atoms with Gasteiger partial charge >= 0.3 is 0 Å². The normalized spacial score (nSPS) is 14.5. The molecule has 3 rings (SSSR count). The number of carbonyl (C=O) groups is 1. The van der Waals surface area contributed by atoms with Crippen LogP contribution < -0.4 is 16.0 Å². The van der Waals surface area contributed by atoms with Gasteiger partial charge in [-0.3, -0.25) is 4.79 Å². The summed E-state index contributed by atoms with van der Waals surface area (Å²) < 4.78 is 5.36. The Bertz CT molecular complexity index is 686. The van der Waals surface area contributed by atoms with Gasteiger partial charge in [0.05, 0.1) is 18.8 Å². The molecule has 0 bridgehead atoms. The van der Waals surface area contributed by atoms with Crippen LogP contribution in [0.4, 0.5) is 11.6 Å². The molecule has 23 heavy (non-hydrogen) atoms. The maximum Gasteiger partial charge on any atom is 0.252 e. The van der Waals surface area contributed by atoms with Crippen molar-refractivity contribution >= 4 is 17.5 Å². The zero-order chi connectivity index (χ0) is 16.1. The second-order valence-electron chi connectivity index (χ2n) is 5.24. The third-order valence-corrected chi connectivity index (χ3v) is 3.68. The number of primary amides is 1. The van der Waals surface area contributed by atoms with Crippen LogP contribution >= 0.6 is 0 Å². The van der Waals surface area contributed by atoms with Crippen molar-refractivity contribution in [3.63, 3.8) is 0 Å². The summed E-state index contributed by atoms with van der Waals surface area (Å²) in [4.78, 5) is 22.2. The number of carbonyl (C=O) groups excluding carboxylic acids is 1. The Labute approximate surface area is 134 Å². The molecule has 0 aromatic carbocycles. The van der Waals surface area contributed by atoms with Gasteiger partial charge in [0.15, 0.2) is 0 Å². The second kappa shape index (κ2) is 7.06. The van der Waals surface area contributed by atoms with E-state index in [-0.39, 0.29) is 0 Å². The first-order chi connectivity index (χ1) is 11.2. The molecule has 0 spiro atoms. The van der Waals surface area contributed by atoms with E-state index in [9.17, 15) is 4.79 Å². The quantitative estimate of drug-likeness (QED) is 0.856. The average molecular weight is 313 g/mol. The van der Waals surface area contributed by atoms with Crippen LogP contribution in [-0.4, -0.2) is 42.2 Å². The molecule has 0 radical (unpaired) electrons. The van der Waals surface area contributed by atoms with Gasteiger partial charge in [-0.15, -0.1) is 0 Å². The molecule has 3 heterocycles. The number of rotatable bonds is 5. The molecule has 1 saturated heterocycles. The average Bonchev–Trinajstić information content (AvgIpc) is 2.61. The Balaban J connectivity index is 1.70. The summed E-state index contributed by atoms with van der Waals surface area (Å²) in [7, 11) is 0. The number of nitrogens with zero attached hydrogens (tertiary/aromatic N) is 3. The van der Waals surface area contributed by atoms with Crippen molar-refractivity contribution in [2.75, 3.05) is 36.5 Å². The number of nitrogens with two attached hydrogens (primary N) is 1. The number of pyridine rings is 2. The third-order valence-electron chi connectivity index (χ3n) is 3.68. The predicted molar refractivity (Wildman–Crippen MR) is 87.4 cm³/mol. The maximum absolute atomic E-state index is 11.4. The van der Waals surface area contributed by atoms with Crippen molar-refractivity contribution in [1.82, 2.24) is 9.97 Å². The van der Waals surface area contributed by atoms with Crippen LogP contribution in [0.15, 0.2) is 36.7 Å². The number of aromatic nitrogens is 2. The van der Waals surface area contributed by atoms with E-state index in [0.29, 0.717) is 17.9 Å². The lowest BCUT2D eigenvalue weighted by molar-refractivity contribution is 0.100. The summed E-state index contributed by atoms with van der Waals surface area (Å²) in [5.74, 6) is 0.929. The Morgan fingerprint density at radius 3 is 2.87 bits per heavy atom. The molecule has 1 amide bonds. The summed E-state index contributed by atoms with van der Waals surface area (Å²) in [6, 6.07) is 7.31. The Hall–Kier alpha value is -2.67. The highest BCUT2D eigenvalue weighted by atomic mass is 16.5. The number of morpholine rings is 1. The van der Waals surface area contributed by atoms with Gasteiger partial charge in [0.25, 0.3) is 5.91 Å². The van der Waals surface area contributed by atoms with Gasteiger partial charge in [0.2, 0.25) is 0 Å². The molecule has 1 fully saturated rings. The molecule has 0 atom stereocenters. The van der Waals surface area contributed by atoms with E-state index >= 15 is 0 Å². The highest BCUT2D eigenvalue weighted by Crippen LogP contribution is 2.16. The smallest absolute Gasteiger partial charge is 0.252 e. The minimum atomic E-state index is -0.496. The minimum Gasteiger partial charge on any atom is -0.378 e. The fraction of sp³-hybridized carbons (Fsp3) is 0.312. The van der Waals surface area contributed by atoms with Gasteiger partial charge in [-0.1, -0.05) is 0 Å². The van der Waals surface area contributed by atoms with E-state index in [4.69, 9.17) is 10.5 Å². The summed E-state index contributed by atoms with van der Waals surface area (Å²) in [6.45, 7) is 3.67. The van der Waals surface area contributed by atoms with E-state index in [2.05, 4.69) is 20.2 Å². The Morgan fingerprint density at radius 1 is 1.26 bits per heavy atom. The van der Waals surface area contributed by atoms with Crippen molar-refractivity contribution in [1.29, 1.82) is 0 Å². The number of anilines is 2. The summed E-state index contributed by atoms with van der Waals surface area (Å²) in [6.07, 6.45) is 3.41. The molecule has 7 heteroatoms. The van der Waals surface area contributed by atoms with Crippen molar-refractivity contribution in [3.05, 3.63) is 47.8 Å². The van der Waals surface area contributed by atoms with Crippen LogP contribution in [0.2, 0.25) is 0 Å². The summed E-state index contributed by atoms with van der Waals surface area (Å²) >= 11 is 0. The topological polar surface area (TPSA) is 93.4 Å². The van der Waals surface area contributed by atoms with E-state index in [1.807, 2.05) is 12.1 Å². The van der Waals surface area contributed by atoms with E-state index in [1.54, 1.807) is 24.5 Å². The summed E-state index contributed by atoms with van der Waals surface area (Å²) in [5.41, 5.74) is 6.80. The number of hydrogen-bond acceptors (Lipinski definition) is 6. The van der Waals surface area contributed by atoms with Gasteiger partial charge in [0, 0.05) is 32.0 Å². The molecule has 2 aromatic rings. The lowest BCUT2D eigenvalue weighted by atomic mass is 10.2. The first kappa shape index (κ1) is 15.2. The number of ether oxygens (including phenoxy) is 1.